The average molecular weight is 274 g/mol. The summed E-state index contributed by atoms with van der Waals surface area (Å²) in [5.74, 6) is -0.960. The van der Waals surface area contributed by atoms with Gasteiger partial charge in [-0.2, -0.15) is 0 Å². The SMILES string of the molecule is C=CCN1C(=O)C(=CC2=CC(=O)C=CC2=O)NC1=S. The Kier molecular flexibility index (Phi) is 3.52. The van der Waals surface area contributed by atoms with E-state index in [9.17, 15) is 14.4 Å². The molecule has 1 heterocycles. The lowest BCUT2D eigenvalue weighted by Gasteiger charge is -2.09. The lowest BCUT2D eigenvalue weighted by atomic mass is 10.0. The molecule has 1 saturated heterocycles. The molecule has 0 aromatic heterocycles. The van der Waals surface area contributed by atoms with Crippen molar-refractivity contribution in [3.63, 3.8) is 0 Å². The van der Waals surface area contributed by atoms with Gasteiger partial charge in [-0.3, -0.25) is 19.3 Å². The van der Waals surface area contributed by atoms with Crippen molar-refractivity contribution in [3.05, 3.63) is 48.2 Å². The van der Waals surface area contributed by atoms with Gasteiger partial charge in [0.15, 0.2) is 16.7 Å². The highest BCUT2D eigenvalue weighted by molar-refractivity contribution is 7.80. The highest BCUT2D eigenvalue weighted by Gasteiger charge is 2.30. The van der Waals surface area contributed by atoms with Gasteiger partial charge in [-0.1, -0.05) is 6.08 Å². The molecule has 0 unspecified atom stereocenters. The molecule has 6 heteroatoms. The number of thiocarbonyl (C=S) groups is 1. The first-order valence-electron chi connectivity index (χ1n) is 5.46. The smallest absolute Gasteiger partial charge is 0.276 e. The summed E-state index contributed by atoms with van der Waals surface area (Å²) in [6, 6.07) is 0. The van der Waals surface area contributed by atoms with Gasteiger partial charge in [-0.05, 0) is 36.5 Å². The van der Waals surface area contributed by atoms with Gasteiger partial charge in [-0.15, -0.1) is 6.58 Å². The van der Waals surface area contributed by atoms with Crippen LogP contribution in [0.4, 0.5) is 0 Å². The molecule has 0 aromatic carbocycles. The molecule has 1 N–H and O–H groups in total. The topological polar surface area (TPSA) is 66.5 Å². The lowest BCUT2D eigenvalue weighted by molar-refractivity contribution is -0.122. The monoisotopic (exact) mass is 274 g/mol. The molecule has 0 aromatic rings. The Balaban J connectivity index is 2.28. The fourth-order valence-electron chi connectivity index (χ4n) is 1.66. The first-order chi connectivity index (χ1) is 9.02. The molecular weight excluding hydrogens is 264 g/mol. The number of amides is 1. The summed E-state index contributed by atoms with van der Waals surface area (Å²) in [6.07, 6.45) is 6.42. The summed E-state index contributed by atoms with van der Waals surface area (Å²) in [6.45, 7) is 3.82. The van der Waals surface area contributed by atoms with Gasteiger partial charge in [-0.25, -0.2) is 0 Å². The third-order valence-electron chi connectivity index (χ3n) is 2.56. The summed E-state index contributed by atoms with van der Waals surface area (Å²) in [4.78, 5) is 36.1. The van der Waals surface area contributed by atoms with E-state index in [1.807, 2.05) is 0 Å². The van der Waals surface area contributed by atoms with Crippen LogP contribution in [0.1, 0.15) is 0 Å². The molecule has 0 atom stereocenters. The third kappa shape index (κ3) is 2.58. The molecule has 2 rings (SSSR count). The third-order valence-corrected chi connectivity index (χ3v) is 2.88. The van der Waals surface area contributed by atoms with Crippen molar-refractivity contribution in [1.29, 1.82) is 0 Å². The Morgan fingerprint density at radius 2 is 2.05 bits per heavy atom. The van der Waals surface area contributed by atoms with Crippen LogP contribution >= 0.6 is 12.2 Å². The summed E-state index contributed by atoms with van der Waals surface area (Å²) >= 11 is 5.00. The van der Waals surface area contributed by atoms with Crippen LogP contribution in [0, 0.1) is 0 Å². The van der Waals surface area contributed by atoms with Crippen LogP contribution in [-0.4, -0.2) is 34.0 Å². The number of carbonyl (C=O) groups excluding carboxylic acids is 3. The lowest BCUT2D eigenvalue weighted by Crippen LogP contribution is -2.30. The van der Waals surface area contributed by atoms with Gasteiger partial charge in [0.25, 0.3) is 5.91 Å². The summed E-state index contributed by atoms with van der Waals surface area (Å²) < 4.78 is 0. The molecule has 0 saturated carbocycles. The molecule has 2 aliphatic rings. The maximum Gasteiger partial charge on any atom is 0.276 e. The number of nitrogens with zero attached hydrogens (tertiary/aromatic N) is 1. The number of hydrogen-bond acceptors (Lipinski definition) is 4. The molecule has 1 fully saturated rings. The van der Waals surface area contributed by atoms with Crippen molar-refractivity contribution in [2.45, 2.75) is 0 Å². The van der Waals surface area contributed by atoms with E-state index in [0.29, 0.717) is 0 Å². The van der Waals surface area contributed by atoms with Crippen LogP contribution in [0.15, 0.2) is 48.2 Å². The highest BCUT2D eigenvalue weighted by Crippen LogP contribution is 2.15. The minimum atomic E-state index is -0.347. The number of carbonyl (C=O) groups is 3. The van der Waals surface area contributed by atoms with Crippen molar-refractivity contribution in [1.82, 2.24) is 10.2 Å². The van der Waals surface area contributed by atoms with Crippen LogP contribution in [0.25, 0.3) is 0 Å². The Morgan fingerprint density at radius 1 is 1.32 bits per heavy atom. The fourth-order valence-corrected chi connectivity index (χ4v) is 1.93. The maximum atomic E-state index is 12.0. The van der Waals surface area contributed by atoms with Crippen LogP contribution in [0.5, 0.6) is 0 Å². The molecule has 1 amide bonds. The molecule has 0 radical (unpaired) electrons. The van der Waals surface area contributed by atoms with Crippen LogP contribution in [-0.2, 0) is 14.4 Å². The minimum absolute atomic E-state index is 0.159. The fraction of sp³-hybridized carbons (Fsp3) is 0.0769. The van der Waals surface area contributed by atoms with Crippen molar-refractivity contribution in [2.75, 3.05) is 6.54 Å². The normalized spacial score (nSPS) is 20.9. The van der Waals surface area contributed by atoms with E-state index in [1.54, 1.807) is 6.08 Å². The van der Waals surface area contributed by atoms with Crippen molar-refractivity contribution < 1.29 is 14.4 Å². The zero-order chi connectivity index (χ0) is 14.0. The largest absolute Gasteiger partial charge is 0.328 e. The quantitative estimate of drug-likeness (QED) is 0.349. The molecule has 0 bridgehead atoms. The number of ketones is 2. The molecule has 19 heavy (non-hydrogen) atoms. The van der Waals surface area contributed by atoms with E-state index in [0.717, 1.165) is 0 Å². The summed E-state index contributed by atoms with van der Waals surface area (Å²) in [7, 11) is 0. The number of allylic oxidation sites excluding steroid dienone is 5. The molecule has 0 spiro atoms. The van der Waals surface area contributed by atoms with Crippen LogP contribution < -0.4 is 5.32 Å². The molecular formula is C13H10N2O3S. The standard InChI is InChI=1S/C13H10N2O3S/c1-2-5-15-12(18)10(14-13(15)19)7-8-6-9(16)3-4-11(8)17/h2-4,6-7H,1,5H2,(H,14,19). The highest BCUT2D eigenvalue weighted by atomic mass is 32.1. The first-order valence-corrected chi connectivity index (χ1v) is 5.87. The van der Waals surface area contributed by atoms with Crippen LogP contribution in [0.2, 0.25) is 0 Å². The zero-order valence-electron chi connectivity index (χ0n) is 9.88. The Morgan fingerprint density at radius 3 is 2.74 bits per heavy atom. The number of hydrogen-bond donors (Lipinski definition) is 1. The van der Waals surface area contributed by atoms with Gasteiger partial charge in [0, 0.05) is 12.1 Å². The Hall–Kier alpha value is -2.34. The molecule has 5 nitrogen and oxygen atoms in total. The predicted molar refractivity (Wildman–Crippen MR) is 73.0 cm³/mol. The summed E-state index contributed by atoms with van der Waals surface area (Å²) in [5.41, 5.74) is 0.334. The number of nitrogens with one attached hydrogen (secondary N) is 1. The molecule has 1 aliphatic heterocycles. The number of rotatable bonds is 3. The molecule has 96 valence electrons. The van der Waals surface area contributed by atoms with Crippen molar-refractivity contribution >= 4 is 34.8 Å². The zero-order valence-corrected chi connectivity index (χ0v) is 10.7. The van der Waals surface area contributed by atoms with Gasteiger partial charge >= 0.3 is 0 Å². The van der Waals surface area contributed by atoms with E-state index in [2.05, 4.69) is 11.9 Å². The second kappa shape index (κ2) is 5.11. The van der Waals surface area contributed by atoms with E-state index in [4.69, 9.17) is 12.2 Å². The maximum absolute atomic E-state index is 12.0. The first kappa shape index (κ1) is 13.1. The van der Waals surface area contributed by atoms with Crippen molar-refractivity contribution in [3.8, 4) is 0 Å². The van der Waals surface area contributed by atoms with E-state index >= 15 is 0 Å². The van der Waals surface area contributed by atoms with E-state index in [-0.39, 0.29) is 40.4 Å². The van der Waals surface area contributed by atoms with Crippen molar-refractivity contribution in [2.24, 2.45) is 0 Å². The Labute approximate surface area is 115 Å². The van der Waals surface area contributed by atoms with Gasteiger partial charge in [0.2, 0.25) is 0 Å². The summed E-state index contributed by atoms with van der Waals surface area (Å²) in [5, 5.41) is 2.97. The second-order valence-corrected chi connectivity index (χ2v) is 4.28. The second-order valence-electron chi connectivity index (χ2n) is 3.89. The van der Waals surface area contributed by atoms with Gasteiger partial charge < -0.3 is 5.32 Å². The van der Waals surface area contributed by atoms with E-state index < -0.39 is 0 Å². The average Bonchev–Trinajstić information content (AvgIpc) is 2.62. The minimum Gasteiger partial charge on any atom is -0.328 e. The molecule has 1 aliphatic carbocycles. The van der Waals surface area contributed by atoms with E-state index in [1.165, 1.54) is 29.2 Å². The van der Waals surface area contributed by atoms with Gasteiger partial charge in [0.1, 0.15) is 5.70 Å². The van der Waals surface area contributed by atoms with Crippen LogP contribution in [0.3, 0.4) is 0 Å². The Bertz CT molecular complexity index is 599. The predicted octanol–water partition coefficient (Wildman–Crippen LogP) is 0.407. The van der Waals surface area contributed by atoms with Gasteiger partial charge in [0.05, 0.1) is 0 Å².